The second-order valence-corrected chi connectivity index (χ2v) is 4.98. The van der Waals surface area contributed by atoms with E-state index < -0.39 is 6.04 Å². The van der Waals surface area contributed by atoms with E-state index in [2.05, 4.69) is 20.4 Å². The van der Waals surface area contributed by atoms with E-state index in [-0.39, 0.29) is 18.1 Å². The molecule has 1 N–H and O–H groups in total. The third-order valence-electron chi connectivity index (χ3n) is 3.37. The maximum atomic E-state index is 12.3. The Kier molecular flexibility index (Phi) is 4.10. The lowest BCUT2D eigenvalue weighted by molar-refractivity contribution is -0.139. The maximum absolute atomic E-state index is 12.3. The molecule has 1 amide bonds. The predicted octanol–water partition coefficient (Wildman–Crippen LogP) is 0.476. The summed E-state index contributed by atoms with van der Waals surface area (Å²) in [6.45, 7) is 9.03. The Morgan fingerprint density at radius 2 is 2.25 bits per heavy atom. The van der Waals surface area contributed by atoms with E-state index in [0.717, 1.165) is 13.0 Å². The highest BCUT2D eigenvalue weighted by Gasteiger charge is 2.38. The first kappa shape index (κ1) is 13.2. The van der Waals surface area contributed by atoms with Crippen LogP contribution in [0.4, 0.5) is 0 Å². The molecule has 0 spiro atoms. The van der Waals surface area contributed by atoms with Crippen LogP contribution in [0.25, 0.3) is 0 Å². The van der Waals surface area contributed by atoms with Gasteiger partial charge in [-0.15, -0.1) is 6.58 Å². The average Bonchev–Trinajstić information content (AvgIpc) is 2.30. The number of carbonyl (C=O) groups is 1. The van der Waals surface area contributed by atoms with Gasteiger partial charge in [-0.1, -0.05) is 6.08 Å². The van der Waals surface area contributed by atoms with Gasteiger partial charge in [0, 0.05) is 18.6 Å². The summed E-state index contributed by atoms with van der Waals surface area (Å²) >= 11 is 0. The molecule has 0 aromatic heterocycles. The molecule has 1 aliphatic heterocycles. The van der Waals surface area contributed by atoms with E-state index >= 15 is 0 Å². The Labute approximate surface area is 97.5 Å². The topological polar surface area (TPSA) is 43.8 Å². The molecule has 4 nitrogen and oxygen atoms in total. The van der Waals surface area contributed by atoms with Crippen LogP contribution >= 0.6 is 0 Å². The van der Waals surface area contributed by atoms with Gasteiger partial charge in [0.25, 0.3) is 0 Å². The second-order valence-electron chi connectivity index (χ2n) is 4.98. The number of carbonyl (C=O) groups excluding carboxylic acids is 1. The molecule has 0 saturated carbocycles. The zero-order valence-corrected chi connectivity index (χ0v) is 10.4. The van der Waals surface area contributed by atoms with Crippen LogP contribution in [0, 0.1) is 0 Å². The highest BCUT2D eigenvalue weighted by Crippen LogP contribution is 2.24. The predicted molar refractivity (Wildman–Crippen MR) is 64.1 cm³/mol. The van der Waals surface area contributed by atoms with Gasteiger partial charge < -0.3 is 10.0 Å². The standard InChI is InChI=1S/C12H22N2O2/c1-5-7-14-11(16)10(9-15)13(4)8-6-12(14,2)3/h5,10,15H,1,6-9H2,2-4H3. The van der Waals surface area contributed by atoms with Crippen molar-refractivity contribution in [3.05, 3.63) is 12.7 Å². The van der Waals surface area contributed by atoms with Crippen LogP contribution in [0.1, 0.15) is 20.3 Å². The molecule has 1 fully saturated rings. The number of amides is 1. The van der Waals surface area contributed by atoms with E-state index in [4.69, 9.17) is 0 Å². The number of hydrogen-bond acceptors (Lipinski definition) is 3. The normalized spacial score (nSPS) is 26.6. The minimum Gasteiger partial charge on any atom is -0.394 e. The number of rotatable bonds is 3. The smallest absolute Gasteiger partial charge is 0.243 e. The molecule has 4 heteroatoms. The Morgan fingerprint density at radius 3 is 2.75 bits per heavy atom. The summed E-state index contributed by atoms with van der Waals surface area (Å²) in [5.41, 5.74) is -0.177. The lowest BCUT2D eigenvalue weighted by atomic mass is 9.98. The minimum absolute atomic E-state index is 0.00704. The van der Waals surface area contributed by atoms with Crippen LogP contribution in [-0.4, -0.2) is 59.1 Å². The van der Waals surface area contributed by atoms with Gasteiger partial charge in [0.2, 0.25) is 5.91 Å². The molecular weight excluding hydrogens is 204 g/mol. The molecule has 1 atom stereocenters. The van der Waals surface area contributed by atoms with Crippen molar-refractivity contribution in [3.8, 4) is 0 Å². The summed E-state index contributed by atoms with van der Waals surface area (Å²) in [6.07, 6.45) is 2.64. The van der Waals surface area contributed by atoms with Crippen molar-refractivity contribution >= 4 is 5.91 Å². The van der Waals surface area contributed by atoms with Crippen molar-refractivity contribution in [2.75, 3.05) is 26.7 Å². The van der Waals surface area contributed by atoms with E-state index in [1.807, 2.05) is 16.8 Å². The fourth-order valence-corrected chi connectivity index (χ4v) is 2.09. The van der Waals surface area contributed by atoms with Crippen molar-refractivity contribution in [1.29, 1.82) is 0 Å². The molecule has 0 aromatic carbocycles. The summed E-state index contributed by atoms with van der Waals surface area (Å²) in [5, 5.41) is 9.30. The molecule has 1 unspecified atom stereocenters. The fraction of sp³-hybridized carbons (Fsp3) is 0.750. The molecule has 92 valence electrons. The van der Waals surface area contributed by atoms with Gasteiger partial charge in [-0.05, 0) is 27.3 Å². The Hall–Kier alpha value is -0.870. The van der Waals surface area contributed by atoms with Crippen molar-refractivity contribution in [3.63, 3.8) is 0 Å². The molecule has 0 radical (unpaired) electrons. The third kappa shape index (κ3) is 2.44. The summed E-state index contributed by atoms with van der Waals surface area (Å²) in [7, 11) is 1.88. The van der Waals surface area contributed by atoms with E-state index in [1.54, 1.807) is 6.08 Å². The zero-order valence-electron chi connectivity index (χ0n) is 10.4. The van der Waals surface area contributed by atoms with E-state index in [0.29, 0.717) is 6.54 Å². The van der Waals surface area contributed by atoms with Gasteiger partial charge in [0.15, 0.2) is 0 Å². The summed E-state index contributed by atoms with van der Waals surface area (Å²) in [5.74, 6) is -0.00704. The van der Waals surface area contributed by atoms with Crippen molar-refractivity contribution < 1.29 is 9.90 Å². The Bertz CT molecular complexity index is 276. The maximum Gasteiger partial charge on any atom is 0.243 e. The van der Waals surface area contributed by atoms with Crippen LogP contribution < -0.4 is 0 Å². The van der Waals surface area contributed by atoms with Crippen molar-refractivity contribution in [1.82, 2.24) is 9.80 Å². The number of hydrogen-bond donors (Lipinski definition) is 1. The highest BCUT2D eigenvalue weighted by molar-refractivity contribution is 5.83. The molecular formula is C12H22N2O2. The number of aliphatic hydroxyl groups is 1. The molecule has 0 aliphatic carbocycles. The van der Waals surface area contributed by atoms with E-state index in [1.165, 1.54) is 0 Å². The summed E-state index contributed by atoms with van der Waals surface area (Å²) < 4.78 is 0. The molecule has 1 rings (SSSR count). The van der Waals surface area contributed by atoms with Gasteiger partial charge in [0.05, 0.1) is 6.61 Å². The van der Waals surface area contributed by atoms with Gasteiger partial charge in [0.1, 0.15) is 6.04 Å². The first-order chi connectivity index (χ1) is 7.44. The first-order valence-corrected chi connectivity index (χ1v) is 5.67. The monoisotopic (exact) mass is 226 g/mol. The van der Waals surface area contributed by atoms with Crippen LogP contribution in [0.15, 0.2) is 12.7 Å². The minimum atomic E-state index is -0.415. The average molecular weight is 226 g/mol. The van der Waals surface area contributed by atoms with Crippen LogP contribution in [0.2, 0.25) is 0 Å². The number of aliphatic hydroxyl groups excluding tert-OH is 1. The molecule has 0 bridgehead atoms. The molecule has 1 aliphatic rings. The third-order valence-corrected chi connectivity index (χ3v) is 3.37. The Balaban J connectivity index is 2.99. The fourth-order valence-electron chi connectivity index (χ4n) is 2.09. The van der Waals surface area contributed by atoms with Gasteiger partial charge in [-0.25, -0.2) is 0 Å². The zero-order chi connectivity index (χ0) is 12.3. The highest BCUT2D eigenvalue weighted by atomic mass is 16.3. The van der Waals surface area contributed by atoms with E-state index in [9.17, 15) is 9.90 Å². The van der Waals surface area contributed by atoms with Crippen molar-refractivity contribution in [2.24, 2.45) is 0 Å². The second kappa shape index (κ2) is 4.97. The molecule has 16 heavy (non-hydrogen) atoms. The number of nitrogens with zero attached hydrogens (tertiary/aromatic N) is 2. The van der Waals surface area contributed by atoms with Crippen LogP contribution in [0.5, 0.6) is 0 Å². The number of likely N-dealkylation sites (N-methyl/N-ethyl adjacent to an activating group) is 1. The van der Waals surface area contributed by atoms with Gasteiger partial charge >= 0.3 is 0 Å². The summed E-state index contributed by atoms with van der Waals surface area (Å²) in [4.78, 5) is 16.0. The van der Waals surface area contributed by atoms with Crippen molar-refractivity contribution in [2.45, 2.75) is 31.8 Å². The lowest BCUT2D eigenvalue weighted by Gasteiger charge is -2.37. The molecule has 1 heterocycles. The first-order valence-electron chi connectivity index (χ1n) is 5.67. The SMILES string of the molecule is C=CCN1C(=O)C(CO)N(C)CCC1(C)C. The summed E-state index contributed by atoms with van der Waals surface area (Å²) in [6, 6.07) is -0.415. The molecule has 0 aromatic rings. The largest absolute Gasteiger partial charge is 0.394 e. The quantitative estimate of drug-likeness (QED) is 0.712. The van der Waals surface area contributed by atoms with Crippen LogP contribution in [0.3, 0.4) is 0 Å². The Morgan fingerprint density at radius 1 is 1.62 bits per heavy atom. The van der Waals surface area contributed by atoms with Gasteiger partial charge in [-0.3, -0.25) is 9.69 Å². The van der Waals surface area contributed by atoms with Crippen LogP contribution in [-0.2, 0) is 4.79 Å². The lowest BCUT2D eigenvalue weighted by Crippen LogP contribution is -2.52. The molecule has 1 saturated heterocycles. The van der Waals surface area contributed by atoms with Gasteiger partial charge in [-0.2, -0.15) is 0 Å².